The van der Waals surface area contributed by atoms with Crippen LogP contribution in [0.2, 0.25) is 0 Å². The summed E-state index contributed by atoms with van der Waals surface area (Å²) in [5, 5.41) is 5.41. The van der Waals surface area contributed by atoms with E-state index in [4.69, 9.17) is 5.73 Å². The normalized spacial score (nSPS) is 12.0. The zero-order chi connectivity index (χ0) is 9.90. The predicted octanol–water partition coefficient (Wildman–Crippen LogP) is 2.34. The molecule has 0 aliphatic rings. The number of nitrogens with one attached hydrogen (secondary N) is 1. The van der Waals surface area contributed by atoms with Crippen molar-refractivity contribution in [3.63, 3.8) is 0 Å². The van der Waals surface area contributed by atoms with Gasteiger partial charge in [0, 0.05) is 33.4 Å². The first kappa shape index (κ1) is 11.2. The second-order valence-corrected chi connectivity index (χ2v) is 5.73. The maximum atomic E-state index is 5.84. The molecule has 74 valence electrons. The van der Waals surface area contributed by atoms with Crippen molar-refractivity contribution in [1.29, 1.82) is 0 Å². The van der Waals surface area contributed by atoms with E-state index >= 15 is 0 Å². The predicted molar refractivity (Wildman–Crippen MR) is 62.0 cm³/mol. The van der Waals surface area contributed by atoms with Crippen LogP contribution in [0.25, 0.3) is 0 Å². The van der Waals surface area contributed by atoms with Crippen LogP contribution in [0.4, 0.5) is 0 Å². The molecule has 1 aromatic heterocycles. The van der Waals surface area contributed by atoms with Gasteiger partial charge in [-0.05, 0) is 35.8 Å². The molecule has 0 aliphatic carbocycles. The molecule has 4 heteroatoms. The van der Waals surface area contributed by atoms with E-state index in [1.165, 1.54) is 4.88 Å². The van der Waals surface area contributed by atoms with Gasteiger partial charge in [0.1, 0.15) is 0 Å². The van der Waals surface area contributed by atoms with Gasteiger partial charge in [0.25, 0.3) is 0 Å². The Labute approximate surface area is 91.7 Å². The molecule has 13 heavy (non-hydrogen) atoms. The Balaban J connectivity index is 2.28. The lowest BCUT2D eigenvalue weighted by atomic mass is 10.1. The molecule has 0 saturated carbocycles. The second-order valence-electron chi connectivity index (χ2n) is 3.82. The van der Waals surface area contributed by atoms with Gasteiger partial charge in [-0.1, -0.05) is 0 Å². The van der Waals surface area contributed by atoms with Crippen LogP contribution in [0.3, 0.4) is 0 Å². The third kappa shape index (κ3) is 4.76. The highest BCUT2D eigenvalue weighted by molar-refractivity contribution is 9.10. The molecule has 0 bridgehead atoms. The molecule has 1 heterocycles. The first-order valence-corrected chi connectivity index (χ1v) is 5.87. The van der Waals surface area contributed by atoms with Gasteiger partial charge in [0.2, 0.25) is 0 Å². The Morgan fingerprint density at radius 3 is 2.77 bits per heavy atom. The van der Waals surface area contributed by atoms with Crippen molar-refractivity contribution in [3.05, 3.63) is 20.8 Å². The summed E-state index contributed by atoms with van der Waals surface area (Å²) in [5.41, 5.74) is 5.71. The van der Waals surface area contributed by atoms with Crippen molar-refractivity contribution in [2.24, 2.45) is 5.73 Å². The van der Waals surface area contributed by atoms with Crippen molar-refractivity contribution in [2.45, 2.75) is 25.9 Å². The summed E-state index contributed by atoms with van der Waals surface area (Å²) >= 11 is 5.17. The second kappa shape index (κ2) is 4.55. The first-order chi connectivity index (χ1) is 5.97. The van der Waals surface area contributed by atoms with Crippen LogP contribution in [0, 0.1) is 0 Å². The fourth-order valence-corrected chi connectivity index (χ4v) is 2.38. The summed E-state index contributed by atoms with van der Waals surface area (Å²) in [4.78, 5) is 1.33. The Morgan fingerprint density at radius 1 is 1.62 bits per heavy atom. The minimum Gasteiger partial charge on any atom is -0.324 e. The van der Waals surface area contributed by atoms with Crippen molar-refractivity contribution < 1.29 is 0 Å². The quantitative estimate of drug-likeness (QED) is 0.875. The largest absolute Gasteiger partial charge is 0.324 e. The summed E-state index contributed by atoms with van der Waals surface area (Å²) in [7, 11) is 0. The van der Waals surface area contributed by atoms with Crippen molar-refractivity contribution >= 4 is 27.3 Å². The molecule has 0 radical (unpaired) electrons. The van der Waals surface area contributed by atoms with Gasteiger partial charge < -0.3 is 11.1 Å². The van der Waals surface area contributed by atoms with Gasteiger partial charge >= 0.3 is 0 Å². The number of halogens is 1. The summed E-state index contributed by atoms with van der Waals surface area (Å²) in [6, 6.07) is 2.13. The van der Waals surface area contributed by atoms with Gasteiger partial charge in [0.05, 0.1) is 0 Å². The lowest BCUT2D eigenvalue weighted by Crippen LogP contribution is -2.42. The van der Waals surface area contributed by atoms with Crippen LogP contribution in [0.15, 0.2) is 15.9 Å². The molecule has 1 rings (SSSR count). The topological polar surface area (TPSA) is 38.0 Å². The molecule has 0 aliphatic heterocycles. The van der Waals surface area contributed by atoms with E-state index in [9.17, 15) is 0 Å². The van der Waals surface area contributed by atoms with Crippen LogP contribution in [0.1, 0.15) is 18.7 Å². The highest BCUT2D eigenvalue weighted by Gasteiger charge is 2.09. The zero-order valence-corrected chi connectivity index (χ0v) is 10.3. The van der Waals surface area contributed by atoms with Crippen LogP contribution in [0.5, 0.6) is 0 Å². The summed E-state index contributed by atoms with van der Waals surface area (Å²) in [6.07, 6.45) is 0. The third-order valence-electron chi connectivity index (χ3n) is 1.50. The lowest BCUT2D eigenvalue weighted by molar-refractivity contribution is 0.468. The van der Waals surface area contributed by atoms with E-state index in [-0.39, 0.29) is 5.54 Å². The fraction of sp³-hybridized carbons (Fsp3) is 0.556. The third-order valence-corrected chi connectivity index (χ3v) is 3.20. The number of thiophene rings is 1. The summed E-state index contributed by atoms with van der Waals surface area (Å²) in [6.45, 7) is 5.77. The SMILES string of the molecule is CC(C)(N)CNCc1cc(Br)cs1. The van der Waals surface area contributed by atoms with Crippen LogP contribution < -0.4 is 11.1 Å². The molecule has 0 saturated heterocycles. The molecular weight excluding hydrogens is 248 g/mol. The highest BCUT2D eigenvalue weighted by atomic mass is 79.9. The first-order valence-electron chi connectivity index (χ1n) is 4.20. The van der Waals surface area contributed by atoms with Crippen LogP contribution in [-0.2, 0) is 6.54 Å². The molecule has 0 unspecified atom stereocenters. The summed E-state index contributed by atoms with van der Waals surface area (Å²) in [5.74, 6) is 0. The zero-order valence-electron chi connectivity index (χ0n) is 7.93. The number of rotatable bonds is 4. The van der Waals surface area contributed by atoms with Gasteiger partial charge in [-0.3, -0.25) is 0 Å². The van der Waals surface area contributed by atoms with Crippen molar-refractivity contribution in [1.82, 2.24) is 5.32 Å². The maximum Gasteiger partial charge on any atom is 0.0300 e. The van der Waals surface area contributed by atoms with E-state index in [2.05, 4.69) is 32.7 Å². The molecule has 1 aromatic rings. The Bertz CT molecular complexity index is 265. The molecule has 0 atom stereocenters. The van der Waals surface area contributed by atoms with Crippen molar-refractivity contribution in [2.75, 3.05) is 6.54 Å². The molecule has 3 N–H and O–H groups in total. The Hall–Kier alpha value is 0.1000. The molecule has 0 aromatic carbocycles. The molecular formula is C9H15BrN2S. The minimum absolute atomic E-state index is 0.130. The number of hydrogen-bond donors (Lipinski definition) is 2. The van der Waals surface area contributed by atoms with Gasteiger partial charge in [-0.2, -0.15) is 0 Å². The van der Waals surface area contributed by atoms with Crippen molar-refractivity contribution in [3.8, 4) is 0 Å². The smallest absolute Gasteiger partial charge is 0.0300 e. The fourth-order valence-electron chi connectivity index (χ4n) is 0.954. The highest BCUT2D eigenvalue weighted by Crippen LogP contribution is 2.19. The van der Waals surface area contributed by atoms with Crippen LogP contribution >= 0.6 is 27.3 Å². The van der Waals surface area contributed by atoms with E-state index in [1.807, 2.05) is 13.8 Å². The number of hydrogen-bond acceptors (Lipinski definition) is 3. The van der Waals surface area contributed by atoms with E-state index < -0.39 is 0 Å². The summed E-state index contributed by atoms with van der Waals surface area (Å²) < 4.78 is 1.15. The monoisotopic (exact) mass is 262 g/mol. The maximum absolute atomic E-state index is 5.84. The standard InChI is InChI=1S/C9H15BrN2S/c1-9(2,11)6-12-4-8-3-7(10)5-13-8/h3,5,12H,4,6,11H2,1-2H3. The van der Waals surface area contributed by atoms with Crippen LogP contribution in [-0.4, -0.2) is 12.1 Å². The average molecular weight is 263 g/mol. The Kier molecular flexibility index (Phi) is 3.91. The average Bonchev–Trinajstić information content (AvgIpc) is 2.33. The van der Waals surface area contributed by atoms with Gasteiger partial charge in [-0.15, -0.1) is 11.3 Å². The molecule has 0 spiro atoms. The van der Waals surface area contributed by atoms with E-state index in [1.54, 1.807) is 11.3 Å². The molecule has 2 nitrogen and oxygen atoms in total. The lowest BCUT2D eigenvalue weighted by Gasteiger charge is -2.18. The van der Waals surface area contributed by atoms with Gasteiger partial charge in [0.15, 0.2) is 0 Å². The minimum atomic E-state index is -0.130. The van der Waals surface area contributed by atoms with E-state index in [0.717, 1.165) is 17.6 Å². The molecule has 0 fully saturated rings. The van der Waals surface area contributed by atoms with E-state index in [0.29, 0.717) is 0 Å². The van der Waals surface area contributed by atoms with Gasteiger partial charge in [-0.25, -0.2) is 0 Å². The Morgan fingerprint density at radius 2 is 2.31 bits per heavy atom. The molecule has 0 amide bonds. The number of nitrogens with two attached hydrogens (primary N) is 1.